The molecule has 1 N–H and O–H groups in total. The summed E-state index contributed by atoms with van der Waals surface area (Å²) in [6.07, 6.45) is -1.06. The second kappa shape index (κ2) is 4.37. The maximum absolute atomic E-state index is 13.7. The van der Waals surface area contributed by atoms with Gasteiger partial charge in [-0.25, -0.2) is 4.39 Å². The largest absolute Gasteiger partial charge is 0.454 e. The molecule has 0 saturated carbocycles. The van der Waals surface area contributed by atoms with Crippen LogP contribution in [0.3, 0.4) is 0 Å². The van der Waals surface area contributed by atoms with Gasteiger partial charge >= 0.3 is 0 Å². The molecule has 0 fully saturated rings. The Kier molecular flexibility index (Phi) is 3.11. The molecule has 0 aromatic heterocycles. The molecule has 1 aromatic rings. The van der Waals surface area contributed by atoms with E-state index in [1.165, 1.54) is 0 Å². The maximum Gasteiger partial charge on any atom is 0.231 e. The first kappa shape index (κ1) is 10.7. The molecule has 82 valence electrons. The zero-order valence-electron chi connectivity index (χ0n) is 8.22. The summed E-state index contributed by atoms with van der Waals surface area (Å²) in [7, 11) is 1.72. The zero-order chi connectivity index (χ0) is 10.8. The summed E-state index contributed by atoms with van der Waals surface area (Å²) in [5.74, 6) is 1.26. The van der Waals surface area contributed by atoms with Gasteiger partial charge in [-0.2, -0.15) is 0 Å². The van der Waals surface area contributed by atoms with Crippen LogP contribution in [0.1, 0.15) is 11.7 Å². The minimum Gasteiger partial charge on any atom is -0.454 e. The molecule has 1 aliphatic rings. The van der Waals surface area contributed by atoms with Crippen LogP contribution in [0.5, 0.6) is 11.5 Å². The second-order valence-electron chi connectivity index (χ2n) is 3.25. The first-order valence-corrected chi connectivity index (χ1v) is 5.39. The Balaban J connectivity index is 2.31. The van der Waals surface area contributed by atoms with Gasteiger partial charge in [0.1, 0.15) is 6.17 Å². The summed E-state index contributed by atoms with van der Waals surface area (Å²) in [6, 6.07) is 3.41. The number of ether oxygens (including phenoxy) is 2. The van der Waals surface area contributed by atoms with E-state index in [9.17, 15) is 4.39 Å². The molecule has 1 atom stereocenters. The van der Waals surface area contributed by atoms with Crippen molar-refractivity contribution in [2.75, 3.05) is 20.4 Å². The van der Waals surface area contributed by atoms with Crippen LogP contribution in [0.15, 0.2) is 16.6 Å². The van der Waals surface area contributed by atoms with Crippen molar-refractivity contribution in [1.82, 2.24) is 5.32 Å². The van der Waals surface area contributed by atoms with E-state index < -0.39 is 6.17 Å². The number of benzene rings is 1. The highest BCUT2D eigenvalue weighted by Crippen LogP contribution is 2.39. The lowest BCUT2D eigenvalue weighted by Crippen LogP contribution is -2.14. The van der Waals surface area contributed by atoms with Crippen molar-refractivity contribution < 1.29 is 13.9 Å². The van der Waals surface area contributed by atoms with Gasteiger partial charge in [0.2, 0.25) is 6.79 Å². The fraction of sp³-hybridized carbons (Fsp3) is 0.400. The van der Waals surface area contributed by atoms with Gasteiger partial charge in [0, 0.05) is 16.6 Å². The van der Waals surface area contributed by atoms with Gasteiger partial charge in [-0.15, -0.1) is 0 Å². The van der Waals surface area contributed by atoms with Gasteiger partial charge in [0.05, 0.1) is 0 Å². The third-order valence-electron chi connectivity index (χ3n) is 2.21. The van der Waals surface area contributed by atoms with Crippen LogP contribution >= 0.6 is 15.9 Å². The Hall–Kier alpha value is -0.810. The Morgan fingerprint density at radius 3 is 2.80 bits per heavy atom. The second-order valence-corrected chi connectivity index (χ2v) is 4.11. The minimum atomic E-state index is -1.06. The van der Waals surface area contributed by atoms with Gasteiger partial charge in [-0.05, 0) is 19.2 Å². The Labute approximate surface area is 95.7 Å². The topological polar surface area (TPSA) is 30.5 Å². The fourth-order valence-corrected chi connectivity index (χ4v) is 2.03. The van der Waals surface area contributed by atoms with E-state index in [1.54, 1.807) is 19.2 Å². The molecule has 3 nitrogen and oxygen atoms in total. The summed E-state index contributed by atoms with van der Waals surface area (Å²) in [6.45, 7) is 0.479. The van der Waals surface area contributed by atoms with Crippen LogP contribution in [-0.4, -0.2) is 20.4 Å². The first-order chi connectivity index (χ1) is 7.22. The molecule has 0 bridgehead atoms. The van der Waals surface area contributed by atoms with E-state index >= 15 is 0 Å². The lowest BCUT2D eigenvalue weighted by Gasteiger charge is -2.10. The lowest BCUT2D eigenvalue weighted by molar-refractivity contribution is 0.174. The monoisotopic (exact) mass is 275 g/mol. The summed E-state index contributed by atoms with van der Waals surface area (Å²) in [5, 5.41) is 2.79. The van der Waals surface area contributed by atoms with E-state index in [0.29, 0.717) is 21.5 Å². The molecule has 1 aliphatic heterocycles. The van der Waals surface area contributed by atoms with Crippen molar-refractivity contribution >= 4 is 15.9 Å². The molecule has 1 aromatic carbocycles. The van der Waals surface area contributed by atoms with Gasteiger partial charge in [0.25, 0.3) is 0 Å². The number of halogens is 2. The number of alkyl halides is 1. The Morgan fingerprint density at radius 2 is 2.13 bits per heavy atom. The number of nitrogens with one attached hydrogen (secondary N) is 1. The molecule has 0 radical (unpaired) electrons. The average molecular weight is 276 g/mol. The Morgan fingerprint density at radius 1 is 1.47 bits per heavy atom. The molecule has 1 heterocycles. The summed E-state index contributed by atoms with van der Waals surface area (Å²) in [4.78, 5) is 0. The van der Waals surface area contributed by atoms with Crippen molar-refractivity contribution in [2.24, 2.45) is 0 Å². The molecule has 0 aliphatic carbocycles. The van der Waals surface area contributed by atoms with E-state index in [0.717, 1.165) is 0 Å². The fourth-order valence-electron chi connectivity index (χ4n) is 1.46. The first-order valence-electron chi connectivity index (χ1n) is 4.60. The van der Waals surface area contributed by atoms with Crippen LogP contribution in [0, 0.1) is 0 Å². The van der Waals surface area contributed by atoms with Crippen molar-refractivity contribution in [3.63, 3.8) is 0 Å². The lowest BCUT2D eigenvalue weighted by atomic mass is 10.1. The SMILES string of the molecule is CNCC(F)c1cc2c(cc1Br)OCO2. The van der Waals surface area contributed by atoms with E-state index in [2.05, 4.69) is 21.2 Å². The highest BCUT2D eigenvalue weighted by Gasteiger charge is 2.20. The molecular formula is C10H11BrFNO2. The quantitative estimate of drug-likeness (QED) is 0.919. The zero-order valence-corrected chi connectivity index (χ0v) is 9.80. The molecule has 0 amide bonds. The van der Waals surface area contributed by atoms with Crippen LogP contribution in [0.4, 0.5) is 4.39 Å². The van der Waals surface area contributed by atoms with Crippen molar-refractivity contribution in [3.8, 4) is 11.5 Å². The van der Waals surface area contributed by atoms with Gasteiger partial charge in [0.15, 0.2) is 11.5 Å². The van der Waals surface area contributed by atoms with Crippen LogP contribution in [0.25, 0.3) is 0 Å². The van der Waals surface area contributed by atoms with Crippen LogP contribution in [0.2, 0.25) is 0 Å². The Bertz CT molecular complexity index is 373. The summed E-state index contributed by atoms with van der Waals surface area (Å²) in [5.41, 5.74) is 0.577. The molecule has 0 spiro atoms. The predicted molar refractivity (Wildman–Crippen MR) is 58.0 cm³/mol. The van der Waals surface area contributed by atoms with E-state index in [4.69, 9.17) is 9.47 Å². The van der Waals surface area contributed by atoms with Gasteiger partial charge < -0.3 is 14.8 Å². The molecule has 2 rings (SSSR count). The number of rotatable bonds is 3. The normalized spacial score (nSPS) is 15.4. The molecular weight excluding hydrogens is 265 g/mol. The van der Waals surface area contributed by atoms with Crippen LogP contribution in [-0.2, 0) is 0 Å². The predicted octanol–water partition coefficient (Wildman–Crippen LogP) is 2.41. The molecule has 5 heteroatoms. The summed E-state index contributed by atoms with van der Waals surface area (Å²) < 4.78 is 24.8. The van der Waals surface area contributed by atoms with Crippen molar-refractivity contribution in [1.29, 1.82) is 0 Å². The number of likely N-dealkylation sites (N-methyl/N-ethyl adjacent to an activating group) is 1. The van der Waals surface area contributed by atoms with Crippen molar-refractivity contribution in [2.45, 2.75) is 6.17 Å². The average Bonchev–Trinajstić information content (AvgIpc) is 2.63. The van der Waals surface area contributed by atoms with E-state index in [1.807, 2.05) is 0 Å². The highest BCUT2D eigenvalue weighted by molar-refractivity contribution is 9.10. The molecule has 1 unspecified atom stereocenters. The third-order valence-corrected chi connectivity index (χ3v) is 2.90. The van der Waals surface area contributed by atoms with Crippen molar-refractivity contribution in [3.05, 3.63) is 22.2 Å². The van der Waals surface area contributed by atoms with E-state index in [-0.39, 0.29) is 13.3 Å². The number of hydrogen-bond acceptors (Lipinski definition) is 3. The van der Waals surface area contributed by atoms with Gasteiger partial charge in [-0.3, -0.25) is 0 Å². The number of fused-ring (bicyclic) bond motifs is 1. The maximum atomic E-state index is 13.7. The highest BCUT2D eigenvalue weighted by atomic mass is 79.9. The smallest absolute Gasteiger partial charge is 0.231 e. The standard InChI is InChI=1S/C10H11BrFNO2/c1-13-4-8(12)6-2-9-10(3-7(6)11)15-5-14-9/h2-3,8,13H,4-5H2,1H3. The van der Waals surface area contributed by atoms with Crippen LogP contribution < -0.4 is 14.8 Å². The summed E-state index contributed by atoms with van der Waals surface area (Å²) >= 11 is 3.32. The van der Waals surface area contributed by atoms with Gasteiger partial charge in [-0.1, -0.05) is 15.9 Å². The minimum absolute atomic E-state index is 0.203. The molecule has 15 heavy (non-hydrogen) atoms. The molecule has 0 saturated heterocycles. The third kappa shape index (κ3) is 2.08. The number of hydrogen-bond donors (Lipinski definition) is 1.